The number of carbonyl (C=O) groups excluding carboxylic acids is 1. The minimum atomic E-state index is -3.62. The van der Waals surface area contributed by atoms with E-state index in [-0.39, 0.29) is 61.3 Å². The van der Waals surface area contributed by atoms with E-state index in [1.807, 2.05) is 0 Å². The van der Waals surface area contributed by atoms with E-state index in [1.54, 1.807) is 4.90 Å². The quantitative estimate of drug-likeness (QED) is 0.648. The zero-order valence-electron chi connectivity index (χ0n) is 14.7. The summed E-state index contributed by atoms with van der Waals surface area (Å²) < 4.78 is 49.7. The standard InChI is InChI=1S/C15H27N3O5S2.ClH/c16-14-3-1-2-12(14)10-15(19)17-5-7-18(8-6-17)25(22,23)13-4-9-24(20,21)11-13;/h12-14H,1-11,16H2;1H/t12-,13?,14+;/m0./s1. The lowest BCUT2D eigenvalue weighted by Crippen LogP contribution is -2.53. The van der Waals surface area contributed by atoms with Crippen LogP contribution in [0.1, 0.15) is 32.1 Å². The minimum absolute atomic E-state index is 0. The normalized spacial score (nSPS) is 32.3. The van der Waals surface area contributed by atoms with Gasteiger partial charge in [0.2, 0.25) is 15.9 Å². The Bertz CT molecular complexity index is 720. The number of rotatable bonds is 4. The van der Waals surface area contributed by atoms with Crippen molar-refractivity contribution >= 4 is 38.2 Å². The van der Waals surface area contributed by atoms with Gasteiger partial charge in [0, 0.05) is 38.6 Å². The second-order valence-corrected chi connectivity index (χ2v) is 11.9. The summed E-state index contributed by atoms with van der Waals surface area (Å²) in [5, 5.41) is -0.837. The molecule has 3 fully saturated rings. The number of amides is 1. The Morgan fingerprint density at radius 2 is 1.73 bits per heavy atom. The van der Waals surface area contributed by atoms with Crippen molar-refractivity contribution in [2.75, 3.05) is 37.7 Å². The van der Waals surface area contributed by atoms with Gasteiger partial charge in [-0.15, -0.1) is 12.4 Å². The predicted octanol–water partition coefficient (Wildman–Crippen LogP) is -0.413. The SMILES string of the molecule is Cl.N[C@@H]1CCC[C@H]1CC(=O)N1CCN(S(=O)(=O)C2CCS(=O)(=O)C2)CC1. The minimum Gasteiger partial charge on any atom is -0.340 e. The van der Waals surface area contributed by atoms with Gasteiger partial charge >= 0.3 is 0 Å². The average Bonchev–Trinajstić information content (AvgIpc) is 3.13. The van der Waals surface area contributed by atoms with Gasteiger partial charge in [-0.2, -0.15) is 4.31 Å². The van der Waals surface area contributed by atoms with Crippen molar-refractivity contribution < 1.29 is 21.6 Å². The highest BCUT2D eigenvalue weighted by atomic mass is 35.5. The first-order valence-electron chi connectivity index (χ1n) is 8.92. The summed E-state index contributed by atoms with van der Waals surface area (Å²) >= 11 is 0. The number of halogens is 1. The summed E-state index contributed by atoms with van der Waals surface area (Å²) in [6, 6.07) is 0.0925. The first-order chi connectivity index (χ1) is 11.7. The molecule has 0 spiro atoms. The molecule has 0 aromatic rings. The van der Waals surface area contributed by atoms with E-state index in [0.29, 0.717) is 19.5 Å². The molecule has 3 aliphatic rings. The summed E-state index contributed by atoms with van der Waals surface area (Å²) in [7, 11) is -6.86. The van der Waals surface area contributed by atoms with Gasteiger partial charge in [-0.25, -0.2) is 16.8 Å². The van der Waals surface area contributed by atoms with Crippen molar-refractivity contribution in [3.63, 3.8) is 0 Å². The molecule has 3 rings (SSSR count). The number of hydrogen-bond donors (Lipinski definition) is 1. The zero-order valence-corrected chi connectivity index (χ0v) is 17.2. The first kappa shape index (κ1) is 21.9. The molecule has 2 saturated heterocycles. The van der Waals surface area contributed by atoms with E-state index < -0.39 is 25.1 Å². The molecule has 2 heterocycles. The van der Waals surface area contributed by atoms with Crippen LogP contribution in [-0.2, 0) is 24.7 Å². The van der Waals surface area contributed by atoms with Crippen LogP contribution in [0.4, 0.5) is 0 Å². The van der Waals surface area contributed by atoms with E-state index in [9.17, 15) is 21.6 Å². The molecule has 1 saturated carbocycles. The van der Waals surface area contributed by atoms with Crippen LogP contribution in [0.3, 0.4) is 0 Å². The Balaban J connectivity index is 0.00000243. The highest BCUT2D eigenvalue weighted by molar-refractivity contribution is 7.95. The fraction of sp³-hybridized carbons (Fsp3) is 0.933. The molecular weight excluding hydrogens is 402 g/mol. The van der Waals surface area contributed by atoms with Crippen molar-refractivity contribution in [2.45, 2.75) is 43.4 Å². The Kier molecular flexibility index (Phi) is 6.98. The van der Waals surface area contributed by atoms with Gasteiger partial charge in [0.05, 0.1) is 16.8 Å². The molecule has 1 unspecified atom stereocenters. The summed E-state index contributed by atoms with van der Waals surface area (Å²) in [6.45, 7) is 1.20. The highest BCUT2D eigenvalue weighted by Crippen LogP contribution is 2.28. The topological polar surface area (TPSA) is 118 Å². The van der Waals surface area contributed by atoms with Crippen molar-refractivity contribution in [3.8, 4) is 0 Å². The molecule has 0 aromatic heterocycles. The number of nitrogens with two attached hydrogens (primary N) is 1. The molecule has 0 radical (unpaired) electrons. The molecule has 0 aromatic carbocycles. The maximum absolute atomic E-state index is 12.6. The Morgan fingerprint density at radius 1 is 1.08 bits per heavy atom. The van der Waals surface area contributed by atoms with Crippen molar-refractivity contribution in [3.05, 3.63) is 0 Å². The highest BCUT2D eigenvalue weighted by Gasteiger charge is 2.41. The first-order valence-corrected chi connectivity index (χ1v) is 12.2. The number of carbonyl (C=O) groups is 1. The molecule has 1 amide bonds. The maximum atomic E-state index is 12.6. The molecule has 3 atom stereocenters. The van der Waals surface area contributed by atoms with Crippen molar-refractivity contribution in [2.24, 2.45) is 11.7 Å². The number of sulfonamides is 1. The Hall–Kier alpha value is -0.420. The molecule has 2 aliphatic heterocycles. The van der Waals surface area contributed by atoms with Crippen LogP contribution in [0.2, 0.25) is 0 Å². The Morgan fingerprint density at radius 3 is 2.23 bits per heavy atom. The monoisotopic (exact) mass is 429 g/mol. The fourth-order valence-electron chi connectivity index (χ4n) is 4.07. The third-order valence-corrected chi connectivity index (χ3v) is 10.0. The van der Waals surface area contributed by atoms with Gasteiger partial charge in [-0.1, -0.05) is 6.42 Å². The summed E-state index contributed by atoms with van der Waals surface area (Å²) in [5.41, 5.74) is 6.02. The lowest BCUT2D eigenvalue weighted by atomic mass is 9.99. The van der Waals surface area contributed by atoms with Crippen LogP contribution in [0.5, 0.6) is 0 Å². The molecule has 0 bridgehead atoms. The van der Waals surface area contributed by atoms with E-state index in [4.69, 9.17) is 5.73 Å². The van der Waals surface area contributed by atoms with Gasteiger partial charge in [-0.05, 0) is 25.2 Å². The third-order valence-electron chi connectivity index (χ3n) is 5.72. The van der Waals surface area contributed by atoms with Crippen molar-refractivity contribution in [1.82, 2.24) is 9.21 Å². The Labute approximate surface area is 161 Å². The second kappa shape index (κ2) is 8.30. The van der Waals surface area contributed by atoms with Gasteiger partial charge < -0.3 is 10.6 Å². The number of piperazine rings is 1. The maximum Gasteiger partial charge on any atom is 0.222 e. The summed E-state index contributed by atoms with van der Waals surface area (Å²) in [5.74, 6) is -0.0637. The van der Waals surface area contributed by atoms with E-state index in [0.717, 1.165) is 19.3 Å². The molecule has 2 N–H and O–H groups in total. The average molecular weight is 430 g/mol. The van der Waals surface area contributed by atoms with E-state index in [2.05, 4.69) is 0 Å². The number of sulfone groups is 1. The lowest BCUT2D eigenvalue weighted by Gasteiger charge is -2.35. The van der Waals surface area contributed by atoms with Crippen LogP contribution >= 0.6 is 12.4 Å². The molecule has 11 heteroatoms. The smallest absolute Gasteiger partial charge is 0.222 e. The van der Waals surface area contributed by atoms with Crippen LogP contribution in [0, 0.1) is 5.92 Å². The number of nitrogens with zero attached hydrogens (tertiary/aromatic N) is 2. The lowest BCUT2D eigenvalue weighted by molar-refractivity contribution is -0.133. The summed E-state index contributed by atoms with van der Waals surface area (Å²) in [6.07, 6.45) is 3.62. The van der Waals surface area contributed by atoms with Gasteiger partial charge in [0.1, 0.15) is 0 Å². The number of hydrogen-bond acceptors (Lipinski definition) is 6. The molecule has 26 heavy (non-hydrogen) atoms. The van der Waals surface area contributed by atoms with E-state index in [1.165, 1.54) is 4.31 Å². The van der Waals surface area contributed by atoms with Gasteiger partial charge in [0.15, 0.2) is 9.84 Å². The zero-order chi connectivity index (χ0) is 18.2. The fourth-order valence-corrected chi connectivity index (χ4v) is 8.58. The molecule has 1 aliphatic carbocycles. The van der Waals surface area contributed by atoms with Crippen LogP contribution in [0.25, 0.3) is 0 Å². The molecule has 152 valence electrons. The van der Waals surface area contributed by atoms with E-state index >= 15 is 0 Å². The van der Waals surface area contributed by atoms with Crippen LogP contribution in [-0.4, -0.2) is 80.9 Å². The molecular formula is C15H28ClN3O5S2. The van der Waals surface area contributed by atoms with Crippen LogP contribution in [0.15, 0.2) is 0 Å². The third kappa shape index (κ3) is 4.70. The van der Waals surface area contributed by atoms with Crippen LogP contribution < -0.4 is 5.73 Å². The summed E-state index contributed by atoms with van der Waals surface area (Å²) in [4.78, 5) is 14.1. The van der Waals surface area contributed by atoms with Crippen molar-refractivity contribution in [1.29, 1.82) is 0 Å². The van der Waals surface area contributed by atoms with Gasteiger partial charge in [-0.3, -0.25) is 4.79 Å². The molecule has 8 nitrogen and oxygen atoms in total. The largest absolute Gasteiger partial charge is 0.340 e. The second-order valence-electron chi connectivity index (χ2n) is 7.41. The predicted molar refractivity (Wildman–Crippen MR) is 101 cm³/mol. The van der Waals surface area contributed by atoms with Gasteiger partial charge in [0.25, 0.3) is 0 Å².